The quantitative estimate of drug-likeness (QED) is 0.231. The normalized spacial score (nSPS) is 18.4. The van der Waals surface area contributed by atoms with Gasteiger partial charge < -0.3 is 0 Å². The molecule has 0 aliphatic carbocycles. The molecule has 8 nitrogen and oxygen atoms in total. The summed E-state index contributed by atoms with van der Waals surface area (Å²) in [5.41, 5.74) is 4.68. The molecule has 1 fully saturated rings. The van der Waals surface area contributed by atoms with Crippen molar-refractivity contribution in [2.45, 2.75) is 62.7 Å². The van der Waals surface area contributed by atoms with Gasteiger partial charge in [0.2, 0.25) is 20.0 Å². The number of sulfone groups is 1. The Hall–Kier alpha value is -3.35. The Morgan fingerprint density at radius 3 is 1.24 bits per heavy atom. The molecule has 0 saturated carbocycles. The van der Waals surface area contributed by atoms with Crippen LogP contribution in [0.25, 0.3) is 0 Å². The van der Waals surface area contributed by atoms with Crippen LogP contribution < -0.4 is 0 Å². The Balaban J connectivity index is 1.69. The van der Waals surface area contributed by atoms with Crippen molar-refractivity contribution in [3.8, 4) is 0 Å². The molecule has 0 aromatic heterocycles. The number of nitrogens with zero attached hydrogens (tertiary/aromatic N) is 2. The van der Waals surface area contributed by atoms with Gasteiger partial charge in [-0.05, 0) is 85.3 Å². The van der Waals surface area contributed by atoms with E-state index in [-0.39, 0.29) is 22.9 Å². The molecule has 4 aromatic carbocycles. The molecule has 0 amide bonds. The summed E-state index contributed by atoms with van der Waals surface area (Å²) in [6.45, 7) is 7.14. The molecule has 1 aliphatic heterocycles. The largest absolute Gasteiger partial charge is 0.243 e. The van der Waals surface area contributed by atoms with Crippen LogP contribution in [0.5, 0.6) is 0 Å². The lowest BCUT2D eigenvalue weighted by Gasteiger charge is -2.37. The third-order valence-corrected chi connectivity index (χ3v) is 14.0. The summed E-state index contributed by atoms with van der Waals surface area (Å²) in [6, 6.07) is 25.1. The second kappa shape index (κ2) is 12.8. The highest BCUT2D eigenvalue weighted by Gasteiger charge is 2.50. The molecule has 0 N–H and O–H groups in total. The fourth-order valence-corrected chi connectivity index (χ4v) is 11.3. The van der Waals surface area contributed by atoms with Crippen LogP contribution in [0.3, 0.4) is 0 Å². The predicted molar refractivity (Wildman–Crippen MR) is 176 cm³/mol. The van der Waals surface area contributed by atoms with E-state index in [1.807, 2.05) is 39.8 Å². The van der Waals surface area contributed by atoms with E-state index >= 15 is 0 Å². The maximum absolute atomic E-state index is 14.5. The van der Waals surface area contributed by atoms with Gasteiger partial charge in [-0.1, -0.05) is 72.8 Å². The van der Waals surface area contributed by atoms with E-state index < -0.39 is 53.5 Å². The van der Waals surface area contributed by atoms with Crippen molar-refractivity contribution in [3.05, 3.63) is 130 Å². The summed E-state index contributed by atoms with van der Waals surface area (Å²) in [6.07, 6.45) is 0. The molecule has 5 rings (SSSR count). The number of rotatable bonds is 10. The molecule has 1 heterocycles. The van der Waals surface area contributed by atoms with E-state index in [4.69, 9.17) is 0 Å². The van der Waals surface area contributed by atoms with Crippen molar-refractivity contribution < 1.29 is 25.3 Å². The highest BCUT2D eigenvalue weighted by molar-refractivity contribution is 7.92. The third-order valence-electron chi connectivity index (χ3n) is 8.57. The van der Waals surface area contributed by atoms with Crippen LogP contribution in [0.1, 0.15) is 33.4 Å². The van der Waals surface area contributed by atoms with Crippen LogP contribution in [-0.4, -0.2) is 57.5 Å². The Morgan fingerprint density at radius 1 is 0.556 bits per heavy atom. The maximum atomic E-state index is 14.5. The van der Waals surface area contributed by atoms with E-state index in [0.717, 1.165) is 22.3 Å². The van der Waals surface area contributed by atoms with Crippen molar-refractivity contribution in [1.82, 2.24) is 8.61 Å². The summed E-state index contributed by atoms with van der Waals surface area (Å²) in [5.74, 6) is -1.02. The molecular formula is C34H38N2O6S3. The SMILES string of the molecule is Cc1ccc(S(=O)(=O)N(Cc2ccccc2)[C@@H]2CS(=O)(=O)C[C@H]2N(Cc2ccccc2)S(=O)(=O)c2ccc(C)c(C)c2)cc1C. The lowest BCUT2D eigenvalue weighted by Crippen LogP contribution is -2.54. The highest BCUT2D eigenvalue weighted by Crippen LogP contribution is 2.34. The first-order chi connectivity index (χ1) is 21.2. The van der Waals surface area contributed by atoms with E-state index in [9.17, 15) is 25.3 Å². The average Bonchev–Trinajstić information content (AvgIpc) is 3.32. The molecule has 238 valence electrons. The highest BCUT2D eigenvalue weighted by atomic mass is 32.2. The van der Waals surface area contributed by atoms with Crippen molar-refractivity contribution in [1.29, 1.82) is 0 Å². The molecule has 2 atom stereocenters. The van der Waals surface area contributed by atoms with Gasteiger partial charge in [0, 0.05) is 13.1 Å². The number of hydrogen-bond acceptors (Lipinski definition) is 6. The standard InChI is InChI=1S/C34H38N2O6S3/c1-25-15-17-31(19-27(25)3)44(39,40)35(21-29-11-7-5-8-12-29)33-23-43(37,38)24-34(33)36(22-30-13-9-6-10-14-30)45(41,42)32-18-16-26(2)28(4)20-32/h5-20,33-34H,21-24H2,1-4H3/t33-,34-/m1/s1. The first-order valence-corrected chi connectivity index (χ1v) is 19.4. The van der Waals surface area contributed by atoms with Crippen LogP contribution in [-0.2, 0) is 43.0 Å². The van der Waals surface area contributed by atoms with Gasteiger partial charge in [-0.15, -0.1) is 0 Å². The zero-order valence-electron chi connectivity index (χ0n) is 25.8. The molecule has 0 bridgehead atoms. The molecule has 0 unspecified atom stereocenters. The van der Waals surface area contributed by atoms with Gasteiger partial charge in [-0.3, -0.25) is 0 Å². The summed E-state index contributed by atoms with van der Waals surface area (Å²) in [4.78, 5) is 0.0485. The second-order valence-corrected chi connectivity index (χ2v) is 17.7. The first kappa shape index (κ1) is 33.0. The minimum atomic E-state index is -4.29. The van der Waals surface area contributed by atoms with Gasteiger partial charge in [0.1, 0.15) is 0 Å². The minimum Gasteiger partial charge on any atom is -0.229 e. The average molecular weight is 667 g/mol. The Labute approximate surface area is 267 Å². The lowest BCUT2D eigenvalue weighted by atomic mass is 10.1. The number of hydrogen-bond donors (Lipinski definition) is 0. The number of aryl methyl sites for hydroxylation is 4. The Kier molecular flexibility index (Phi) is 9.40. The molecule has 4 aromatic rings. The molecule has 1 aliphatic rings. The zero-order chi connectivity index (χ0) is 32.6. The van der Waals surface area contributed by atoms with E-state index in [1.165, 1.54) is 20.7 Å². The minimum absolute atomic E-state index is 0.0243. The van der Waals surface area contributed by atoms with E-state index in [2.05, 4.69) is 0 Å². The third kappa shape index (κ3) is 7.07. The molecule has 0 radical (unpaired) electrons. The van der Waals surface area contributed by atoms with Crippen molar-refractivity contribution in [3.63, 3.8) is 0 Å². The smallest absolute Gasteiger partial charge is 0.229 e. The molecule has 11 heteroatoms. The fourth-order valence-electron chi connectivity index (χ4n) is 5.67. The van der Waals surface area contributed by atoms with Crippen LogP contribution in [0.15, 0.2) is 107 Å². The van der Waals surface area contributed by atoms with Crippen molar-refractivity contribution >= 4 is 29.9 Å². The van der Waals surface area contributed by atoms with Crippen molar-refractivity contribution in [2.24, 2.45) is 0 Å². The first-order valence-electron chi connectivity index (χ1n) is 14.7. The zero-order valence-corrected chi connectivity index (χ0v) is 28.2. The van der Waals surface area contributed by atoms with Crippen LogP contribution in [0, 0.1) is 27.7 Å². The topological polar surface area (TPSA) is 109 Å². The summed E-state index contributed by atoms with van der Waals surface area (Å²) in [5, 5.41) is 0. The maximum Gasteiger partial charge on any atom is 0.243 e. The van der Waals surface area contributed by atoms with E-state index in [1.54, 1.807) is 72.8 Å². The second-order valence-electron chi connectivity index (χ2n) is 11.8. The van der Waals surface area contributed by atoms with Gasteiger partial charge in [0.25, 0.3) is 0 Å². The van der Waals surface area contributed by atoms with Gasteiger partial charge >= 0.3 is 0 Å². The van der Waals surface area contributed by atoms with Gasteiger partial charge in [-0.2, -0.15) is 8.61 Å². The van der Waals surface area contributed by atoms with Gasteiger partial charge in [-0.25, -0.2) is 25.3 Å². The number of sulfonamides is 2. The molecule has 1 saturated heterocycles. The van der Waals surface area contributed by atoms with E-state index in [0.29, 0.717) is 11.1 Å². The Morgan fingerprint density at radius 2 is 0.911 bits per heavy atom. The summed E-state index contributed by atoms with van der Waals surface area (Å²) >= 11 is 0. The van der Waals surface area contributed by atoms with Gasteiger partial charge in [0.05, 0.1) is 33.4 Å². The lowest BCUT2D eigenvalue weighted by molar-refractivity contribution is 0.219. The van der Waals surface area contributed by atoms with Crippen LogP contribution >= 0.6 is 0 Å². The summed E-state index contributed by atoms with van der Waals surface area (Å²) in [7, 11) is -12.4. The van der Waals surface area contributed by atoms with Crippen LogP contribution in [0.2, 0.25) is 0 Å². The fraction of sp³-hybridized carbons (Fsp3) is 0.294. The molecule has 45 heavy (non-hydrogen) atoms. The Bertz CT molecular complexity index is 1870. The molecule has 0 spiro atoms. The molecular weight excluding hydrogens is 629 g/mol. The number of benzene rings is 4. The van der Waals surface area contributed by atoms with Gasteiger partial charge in [0.15, 0.2) is 9.84 Å². The predicted octanol–water partition coefficient (Wildman–Crippen LogP) is 5.17. The monoisotopic (exact) mass is 666 g/mol. The van der Waals surface area contributed by atoms with Crippen LogP contribution in [0.4, 0.5) is 0 Å². The summed E-state index contributed by atoms with van der Waals surface area (Å²) < 4.78 is 87.2. The van der Waals surface area contributed by atoms with Crippen molar-refractivity contribution in [2.75, 3.05) is 11.5 Å².